The van der Waals surface area contributed by atoms with Crippen molar-refractivity contribution in [2.75, 3.05) is 0 Å². The molecule has 1 nitrogen and oxygen atoms in total. The van der Waals surface area contributed by atoms with Gasteiger partial charge in [0.25, 0.3) is 0 Å². The van der Waals surface area contributed by atoms with E-state index >= 15 is 0 Å². The minimum absolute atomic E-state index is 0.480. The predicted molar refractivity (Wildman–Crippen MR) is 50.4 cm³/mol. The van der Waals surface area contributed by atoms with E-state index in [1.165, 1.54) is 11.1 Å². The number of benzene rings is 1. The molecule has 1 rings (SSSR count). The predicted octanol–water partition coefficient (Wildman–Crippen LogP) is 2.92. The summed E-state index contributed by atoms with van der Waals surface area (Å²) in [7, 11) is 0. The molecule has 0 saturated heterocycles. The number of hydrogen-bond acceptors (Lipinski definition) is 1. The Kier molecular flexibility index (Phi) is 3.10. The summed E-state index contributed by atoms with van der Waals surface area (Å²) >= 11 is 0. The molecule has 1 heteroatoms. The van der Waals surface area contributed by atoms with Gasteiger partial charge in [-0.2, -0.15) is 5.26 Å². The first-order valence-corrected chi connectivity index (χ1v) is 3.93. The maximum Gasteiger partial charge on any atom is 0.0663 e. The molecule has 0 saturated carbocycles. The van der Waals surface area contributed by atoms with Gasteiger partial charge < -0.3 is 0 Å². The molecule has 60 valence electrons. The van der Waals surface area contributed by atoms with Crippen LogP contribution < -0.4 is 0 Å². The first-order chi connectivity index (χ1) is 5.84. The molecule has 0 spiro atoms. The second-order valence-corrected chi connectivity index (χ2v) is 2.62. The zero-order valence-electron chi connectivity index (χ0n) is 7.12. The third kappa shape index (κ3) is 2.25. The average molecular weight is 157 g/mol. The van der Waals surface area contributed by atoms with Crippen LogP contribution in [0.15, 0.2) is 30.3 Å². The SMILES string of the molecule is Cc1ccccc1C=CCC#N. The van der Waals surface area contributed by atoms with Gasteiger partial charge in [-0.25, -0.2) is 0 Å². The lowest BCUT2D eigenvalue weighted by Gasteiger charge is -1.96. The van der Waals surface area contributed by atoms with E-state index in [4.69, 9.17) is 5.26 Å². The van der Waals surface area contributed by atoms with Crippen molar-refractivity contribution >= 4 is 6.08 Å². The van der Waals surface area contributed by atoms with Gasteiger partial charge in [-0.05, 0) is 18.1 Å². The smallest absolute Gasteiger partial charge is 0.0663 e. The van der Waals surface area contributed by atoms with Crippen LogP contribution in [0, 0.1) is 18.3 Å². The maximum atomic E-state index is 8.31. The second kappa shape index (κ2) is 4.35. The van der Waals surface area contributed by atoms with Gasteiger partial charge in [-0.3, -0.25) is 0 Å². The van der Waals surface area contributed by atoms with Crippen LogP contribution >= 0.6 is 0 Å². The highest BCUT2D eigenvalue weighted by Crippen LogP contribution is 2.08. The molecule has 12 heavy (non-hydrogen) atoms. The summed E-state index contributed by atoms with van der Waals surface area (Å²) in [6.07, 6.45) is 4.34. The number of rotatable bonds is 2. The molecule has 0 unspecified atom stereocenters. The highest BCUT2D eigenvalue weighted by atomic mass is 14.2. The summed E-state index contributed by atoms with van der Waals surface area (Å²) in [5.41, 5.74) is 2.43. The normalized spacial score (nSPS) is 10.0. The number of allylic oxidation sites excluding steroid dienone is 1. The summed E-state index contributed by atoms with van der Waals surface area (Å²) in [4.78, 5) is 0. The van der Waals surface area contributed by atoms with Crippen LogP contribution in [0.4, 0.5) is 0 Å². The fourth-order valence-corrected chi connectivity index (χ4v) is 1.01. The van der Waals surface area contributed by atoms with Crippen molar-refractivity contribution in [2.45, 2.75) is 13.3 Å². The van der Waals surface area contributed by atoms with Crippen molar-refractivity contribution < 1.29 is 0 Å². The van der Waals surface area contributed by atoms with Crippen molar-refractivity contribution in [2.24, 2.45) is 0 Å². The molecule has 1 aromatic carbocycles. The zero-order chi connectivity index (χ0) is 8.81. The summed E-state index contributed by atoms with van der Waals surface area (Å²) in [5.74, 6) is 0. The lowest BCUT2D eigenvalue weighted by molar-refractivity contribution is 1.36. The van der Waals surface area contributed by atoms with Gasteiger partial charge in [0.1, 0.15) is 0 Å². The highest BCUT2D eigenvalue weighted by Gasteiger charge is 1.89. The Balaban J connectivity index is 2.77. The van der Waals surface area contributed by atoms with Crippen LogP contribution in [0.2, 0.25) is 0 Å². The van der Waals surface area contributed by atoms with E-state index in [-0.39, 0.29) is 0 Å². The van der Waals surface area contributed by atoms with Crippen molar-refractivity contribution in [3.63, 3.8) is 0 Å². The minimum Gasteiger partial charge on any atom is -0.198 e. The number of aryl methyl sites for hydroxylation is 1. The molecule has 0 N–H and O–H groups in total. The van der Waals surface area contributed by atoms with Gasteiger partial charge in [0.2, 0.25) is 0 Å². The van der Waals surface area contributed by atoms with Gasteiger partial charge in [-0.15, -0.1) is 0 Å². The van der Waals surface area contributed by atoms with Gasteiger partial charge in [-0.1, -0.05) is 36.4 Å². The summed E-state index contributed by atoms with van der Waals surface area (Å²) in [6, 6.07) is 10.2. The van der Waals surface area contributed by atoms with Crippen LogP contribution in [0.5, 0.6) is 0 Å². The first kappa shape index (κ1) is 8.55. The number of nitrogens with zero attached hydrogens (tertiary/aromatic N) is 1. The monoisotopic (exact) mass is 157 g/mol. The largest absolute Gasteiger partial charge is 0.198 e. The van der Waals surface area contributed by atoms with E-state index < -0.39 is 0 Å². The van der Waals surface area contributed by atoms with E-state index in [1.807, 2.05) is 30.4 Å². The quantitative estimate of drug-likeness (QED) is 0.647. The number of hydrogen-bond donors (Lipinski definition) is 0. The Morgan fingerprint density at radius 1 is 1.42 bits per heavy atom. The Bertz CT molecular complexity index is 318. The molecule has 0 aromatic heterocycles. The van der Waals surface area contributed by atoms with Crippen molar-refractivity contribution in [1.82, 2.24) is 0 Å². The molecule has 1 aromatic rings. The Morgan fingerprint density at radius 3 is 2.83 bits per heavy atom. The van der Waals surface area contributed by atoms with Gasteiger partial charge in [0.05, 0.1) is 12.5 Å². The molecule has 0 atom stereocenters. The van der Waals surface area contributed by atoms with Gasteiger partial charge in [0, 0.05) is 0 Å². The fraction of sp³-hybridized carbons (Fsp3) is 0.182. The van der Waals surface area contributed by atoms with Crippen LogP contribution in [0.25, 0.3) is 6.08 Å². The molecule has 0 aliphatic heterocycles. The third-order valence-electron chi connectivity index (χ3n) is 1.70. The highest BCUT2D eigenvalue weighted by molar-refractivity contribution is 5.53. The van der Waals surface area contributed by atoms with Gasteiger partial charge in [0.15, 0.2) is 0 Å². The first-order valence-electron chi connectivity index (χ1n) is 3.93. The second-order valence-electron chi connectivity index (χ2n) is 2.62. The van der Waals surface area contributed by atoms with Crippen LogP contribution in [-0.2, 0) is 0 Å². The molecule has 0 amide bonds. The van der Waals surface area contributed by atoms with E-state index in [0.717, 1.165) is 0 Å². The third-order valence-corrected chi connectivity index (χ3v) is 1.70. The molecule has 0 bridgehead atoms. The van der Waals surface area contributed by atoms with E-state index in [0.29, 0.717) is 6.42 Å². The van der Waals surface area contributed by atoms with Crippen LogP contribution in [-0.4, -0.2) is 0 Å². The molecule has 0 fully saturated rings. The van der Waals surface area contributed by atoms with Crippen molar-refractivity contribution in [3.8, 4) is 6.07 Å². The van der Waals surface area contributed by atoms with Crippen LogP contribution in [0.1, 0.15) is 17.5 Å². The molecule has 0 aliphatic carbocycles. The summed E-state index contributed by atoms with van der Waals surface area (Å²) in [6.45, 7) is 2.06. The fourth-order valence-electron chi connectivity index (χ4n) is 1.01. The van der Waals surface area contributed by atoms with Crippen molar-refractivity contribution in [3.05, 3.63) is 41.5 Å². The minimum atomic E-state index is 0.480. The Hall–Kier alpha value is -1.55. The molecule has 0 aliphatic rings. The topological polar surface area (TPSA) is 23.8 Å². The Morgan fingerprint density at radius 2 is 2.17 bits per heavy atom. The zero-order valence-corrected chi connectivity index (χ0v) is 7.12. The maximum absolute atomic E-state index is 8.31. The molecule has 0 radical (unpaired) electrons. The summed E-state index contributed by atoms with van der Waals surface area (Å²) < 4.78 is 0. The van der Waals surface area contributed by atoms with Crippen molar-refractivity contribution in [1.29, 1.82) is 5.26 Å². The van der Waals surface area contributed by atoms with E-state index in [1.54, 1.807) is 0 Å². The van der Waals surface area contributed by atoms with E-state index in [2.05, 4.69) is 19.1 Å². The van der Waals surface area contributed by atoms with E-state index in [9.17, 15) is 0 Å². The van der Waals surface area contributed by atoms with Crippen LogP contribution in [0.3, 0.4) is 0 Å². The molecular weight excluding hydrogens is 146 g/mol. The lowest BCUT2D eigenvalue weighted by Crippen LogP contribution is -1.77. The summed E-state index contributed by atoms with van der Waals surface area (Å²) in [5, 5.41) is 8.31. The lowest BCUT2D eigenvalue weighted by atomic mass is 10.1. The Labute approximate surface area is 73.0 Å². The van der Waals surface area contributed by atoms with Gasteiger partial charge >= 0.3 is 0 Å². The standard InChI is InChI=1S/C11H11N/c1-10-6-2-3-7-11(10)8-4-5-9-12/h2-4,6-8H,5H2,1H3. The molecular formula is C11H11N. The number of nitriles is 1. The average Bonchev–Trinajstić information content (AvgIpc) is 2.09. The molecule has 0 heterocycles.